The largest absolute Gasteiger partial charge is 0.469 e. The molecule has 28 heavy (non-hydrogen) atoms. The molecule has 0 saturated heterocycles. The Morgan fingerprint density at radius 3 is 2.54 bits per heavy atom. The first kappa shape index (κ1) is 21.9. The first-order valence-corrected chi connectivity index (χ1v) is 8.96. The summed E-state index contributed by atoms with van der Waals surface area (Å²) in [7, 11) is 3.98. The van der Waals surface area contributed by atoms with E-state index in [-0.39, 0.29) is 24.0 Å². The molecule has 8 heteroatoms. The van der Waals surface area contributed by atoms with Gasteiger partial charge in [-0.05, 0) is 25.5 Å². The molecular weight excluding hydrogens is 467 g/mol. The van der Waals surface area contributed by atoms with Gasteiger partial charge in [-0.2, -0.15) is 0 Å². The maximum absolute atomic E-state index is 5.41. The molecule has 0 spiro atoms. The number of hydrogen-bond donors (Lipinski definition) is 1. The Kier molecular flexibility index (Phi) is 8.04. The molecule has 3 aromatic rings. The highest BCUT2D eigenvalue weighted by molar-refractivity contribution is 14.0. The molecule has 0 bridgehead atoms. The summed E-state index contributed by atoms with van der Waals surface area (Å²) in [5, 5.41) is 11.7. The molecule has 1 N–H and O–H groups in total. The number of aryl methyl sites for hydroxylation is 2. The normalized spacial score (nSPS) is 11.2. The van der Waals surface area contributed by atoms with Crippen molar-refractivity contribution < 1.29 is 4.42 Å². The van der Waals surface area contributed by atoms with Crippen LogP contribution >= 0.6 is 24.0 Å². The predicted octanol–water partition coefficient (Wildman–Crippen LogP) is 3.42. The van der Waals surface area contributed by atoms with Gasteiger partial charge in [0, 0.05) is 26.2 Å². The number of aliphatic imine (C=N–C) groups is 1. The average molecular weight is 494 g/mol. The van der Waals surface area contributed by atoms with Crippen molar-refractivity contribution in [1.82, 2.24) is 25.0 Å². The molecular formula is C20H27IN6O. The van der Waals surface area contributed by atoms with E-state index in [1.165, 1.54) is 5.56 Å². The van der Waals surface area contributed by atoms with Crippen molar-refractivity contribution in [2.45, 2.75) is 33.5 Å². The molecule has 0 aliphatic rings. The third kappa shape index (κ3) is 5.57. The molecule has 2 heterocycles. The van der Waals surface area contributed by atoms with Gasteiger partial charge in [-0.25, -0.2) is 4.99 Å². The van der Waals surface area contributed by atoms with E-state index >= 15 is 0 Å². The summed E-state index contributed by atoms with van der Waals surface area (Å²) in [6, 6.07) is 12.2. The van der Waals surface area contributed by atoms with Gasteiger partial charge in [0.1, 0.15) is 11.6 Å². The molecule has 7 nitrogen and oxygen atoms in total. The zero-order valence-corrected chi connectivity index (χ0v) is 19.0. The van der Waals surface area contributed by atoms with Gasteiger partial charge in [-0.15, -0.1) is 34.2 Å². The highest BCUT2D eigenvalue weighted by atomic mass is 127. The second-order valence-electron chi connectivity index (χ2n) is 6.56. The lowest BCUT2D eigenvalue weighted by Gasteiger charge is -2.22. The maximum atomic E-state index is 5.41. The minimum absolute atomic E-state index is 0. The fourth-order valence-electron chi connectivity index (χ4n) is 2.73. The average Bonchev–Trinajstić information content (AvgIpc) is 3.22. The number of hydrogen-bond acceptors (Lipinski definition) is 4. The molecule has 0 aliphatic heterocycles. The smallest absolute Gasteiger partial charge is 0.194 e. The molecule has 0 saturated carbocycles. The summed E-state index contributed by atoms with van der Waals surface area (Å²) in [6.45, 7) is 5.78. The van der Waals surface area contributed by atoms with Gasteiger partial charge in [-0.3, -0.25) is 0 Å². The molecule has 0 atom stereocenters. The van der Waals surface area contributed by atoms with E-state index in [0.717, 1.165) is 28.9 Å². The first-order chi connectivity index (χ1) is 13.0. The highest BCUT2D eigenvalue weighted by Crippen LogP contribution is 2.11. The molecule has 0 fully saturated rings. The number of halogens is 1. The number of nitrogens with zero attached hydrogens (tertiary/aromatic N) is 5. The zero-order chi connectivity index (χ0) is 19.2. The van der Waals surface area contributed by atoms with Crippen LogP contribution in [0, 0.1) is 13.8 Å². The van der Waals surface area contributed by atoms with E-state index in [1.807, 2.05) is 56.8 Å². The van der Waals surface area contributed by atoms with Gasteiger partial charge in [0.05, 0.1) is 19.4 Å². The van der Waals surface area contributed by atoms with Crippen LogP contribution in [0.4, 0.5) is 0 Å². The second kappa shape index (κ2) is 10.3. The lowest BCUT2D eigenvalue weighted by Crippen LogP contribution is -2.38. The van der Waals surface area contributed by atoms with E-state index < -0.39 is 0 Å². The maximum Gasteiger partial charge on any atom is 0.194 e. The lowest BCUT2D eigenvalue weighted by atomic mass is 10.2. The van der Waals surface area contributed by atoms with E-state index in [0.29, 0.717) is 19.6 Å². The molecule has 150 valence electrons. The zero-order valence-electron chi connectivity index (χ0n) is 16.7. The molecule has 0 radical (unpaired) electrons. The number of nitrogens with one attached hydrogen (secondary N) is 1. The van der Waals surface area contributed by atoms with Crippen molar-refractivity contribution in [3.63, 3.8) is 0 Å². The Morgan fingerprint density at radius 1 is 1.18 bits per heavy atom. The summed E-state index contributed by atoms with van der Waals surface area (Å²) in [5.74, 6) is 3.48. The summed E-state index contributed by atoms with van der Waals surface area (Å²) in [6.07, 6.45) is 1.72. The van der Waals surface area contributed by atoms with Crippen molar-refractivity contribution in [3.8, 4) is 0 Å². The Hall–Kier alpha value is -2.36. The number of furan rings is 1. The quantitative estimate of drug-likeness (QED) is 0.323. The molecule has 0 aliphatic carbocycles. The lowest BCUT2D eigenvalue weighted by molar-refractivity contribution is 0.460. The van der Waals surface area contributed by atoms with Gasteiger partial charge in [0.25, 0.3) is 0 Å². The second-order valence-corrected chi connectivity index (χ2v) is 6.56. The van der Waals surface area contributed by atoms with Gasteiger partial charge in [0.2, 0.25) is 0 Å². The third-order valence-electron chi connectivity index (χ3n) is 4.58. The van der Waals surface area contributed by atoms with Crippen LogP contribution in [0.3, 0.4) is 0 Å². The van der Waals surface area contributed by atoms with Crippen LogP contribution < -0.4 is 5.32 Å². The first-order valence-electron chi connectivity index (χ1n) is 8.96. The SMILES string of the molecule is Cc1occc1CN(C)C(=NCc1ccccc1)NCc1nnc(C)n1C.I. The van der Waals surface area contributed by atoms with Gasteiger partial charge >= 0.3 is 0 Å². The monoisotopic (exact) mass is 494 g/mol. The number of aromatic nitrogens is 3. The number of rotatable bonds is 6. The van der Waals surface area contributed by atoms with Gasteiger partial charge in [0.15, 0.2) is 11.8 Å². The van der Waals surface area contributed by atoms with E-state index in [1.54, 1.807) is 6.26 Å². The van der Waals surface area contributed by atoms with Crippen LogP contribution in [-0.4, -0.2) is 32.7 Å². The Morgan fingerprint density at radius 2 is 1.93 bits per heavy atom. The van der Waals surface area contributed by atoms with Crippen LogP contribution in [0.5, 0.6) is 0 Å². The van der Waals surface area contributed by atoms with Gasteiger partial charge < -0.3 is 19.2 Å². The Labute approximate surface area is 182 Å². The molecule has 2 aromatic heterocycles. The summed E-state index contributed by atoms with van der Waals surface area (Å²) < 4.78 is 7.39. The minimum atomic E-state index is 0. The summed E-state index contributed by atoms with van der Waals surface area (Å²) in [5.41, 5.74) is 2.31. The van der Waals surface area contributed by atoms with E-state index in [4.69, 9.17) is 9.41 Å². The van der Waals surface area contributed by atoms with Gasteiger partial charge in [-0.1, -0.05) is 30.3 Å². The van der Waals surface area contributed by atoms with E-state index in [2.05, 4.69) is 32.5 Å². The highest BCUT2D eigenvalue weighted by Gasteiger charge is 2.12. The van der Waals surface area contributed by atoms with E-state index in [9.17, 15) is 0 Å². The van der Waals surface area contributed by atoms with Crippen molar-refractivity contribution >= 4 is 29.9 Å². The number of benzene rings is 1. The molecule has 3 rings (SSSR count). The standard InChI is InChI=1S/C20H26N6O.HI/c1-15-18(10-11-27-15)14-25(3)20(21-12-17-8-6-5-7-9-17)22-13-19-24-23-16(2)26(19)4;/h5-11H,12-14H2,1-4H3,(H,21,22);1H. The van der Waals surface area contributed by atoms with Crippen molar-refractivity contribution in [1.29, 1.82) is 0 Å². The van der Waals surface area contributed by atoms with Crippen molar-refractivity contribution in [3.05, 3.63) is 71.2 Å². The van der Waals surface area contributed by atoms with Crippen LogP contribution in [0.2, 0.25) is 0 Å². The van der Waals surface area contributed by atoms with Crippen LogP contribution in [-0.2, 0) is 26.7 Å². The summed E-state index contributed by atoms with van der Waals surface area (Å²) >= 11 is 0. The van der Waals surface area contributed by atoms with Crippen LogP contribution in [0.1, 0.15) is 28.5 Å². The minimum Gasteiger partial charge on any atom is -0.469 e. The molecule has 0 amide bonds. The topological polar surface area (TPSA) is 71.5 Å². The number of guanidine groups is 1. The van der Waals surface area contributed by atoms with Crippen molar-refractivity contribution in [2.24, 2.45) is 12.0 Å². The summed E-state index contributed by atoms with van der Waals surface area (Å²) in [4.78, 5) is 6.89. The Balaban J connectivity index is 0.00000280. The predicted molar refractivity (Wildman–Crippen MR) is 120 cm³/mol. The molecule has 0 unspecified atom stereocenters. The van der Waals surface area contributed by atoms with Crippen molar-refractivity contribution in [2.75, 3.05) is 7.05 Å². The third-order valence-corrected chi connectivity index (χ3v) is 4.58. The Bertz CT molecular complexity index is 903. The van der Waals surface area contributed by atoms with Crippen LogP contribution in [0.15, 0.2) is 52.1 Å². The fraction of sp³-hybridized carbons (Fsp3) is 0.350. The van der Waals surface area contributed by atoms with Crippen LogP contribution in [0.25, 0.3) is 0 Å². The fourth-order valence-corrected chi connectivity index (χ4v) is 2.73. The molecule has 1 aromatic carbocycles.